The summed E-state index contributed by atoms with van der Waals surface area (Å²) in [6.45, 7) is 5.11. The van der Waals surface area contributed by atoms with E-state index in [2.05, 4.69) is 17.6 Å². The van der Waals surface area contributed by atoms with Crippen LogP contribution in [0.1, 0.15) is 56.9 Å². The van der Waals surface area contributed by atoms with Gasteiger partial charge in [0, 0.05) is 12.6 Å². The first-order valence-electron chi connectivity index (χ1n) is 13.8. The summed E-state index contributed by atoms with van der Waals surface area (Å²) in [7, 11) is 0. The van der Waals surface area contributed by atoms with Crippen molar-refractivity contribution in [3.05, 3.63) is 47.3 Å². The number of pyridine rings is 1. The van der Waals surface area contributed by atoms with Gasteiger partial charge >= 0.3 is 12.1 Å². The second-order valence-electron chi connectivity index (χ2n) is 11.5. The second kappa shape index (κ2) is 12.4. The maximum Gasteiger partial charge on any atom is 0.419 e. The summed E-state index contributed by atoms with van der Waals surface area (Å²) in [4.78, 5) is 32.2. The lowest BCUT2D eigenvalue weighted by Gasteiger charge is -2.34. The molecule has 1 amide bonds. The number of nitrogens with zero attached hydrogens (tertiary/aromatic N) is 5. The Morgan fingerprint density at radius 1 is 1.16 bits per heavy atom. The first-order valence-corrected chi connectivity index (χ1v) is 14.3. The molecule has 9 nitrogen and oxygen atoms in total. The van der Waals surface area contributed by atoms with Crippen molar-refractivity contribution in [1.29, 1.82) is 5.26 Å². The number of nitriles is 1. The molecule has 1 atom stereocenters. The van der Waals surface area contributed by atoms with E-state index in [1.807, 2.05) is 4.90 Å². The van der Waals surface area contributed by atoms with E-state index in [0.717, 1.165) is 23.9 Å². The van der Waals surface area contributed by atoms with E-state index >= 15 is 0 Å². The van der Waals surface area contributed by atoms with Gasteiger partial charge in [0.1, 0.15) is 17.4 Å². The van der Waals surface area contributed by atoms with Crippen LogP contribution < -0.4 is 14.5 Å². The number of ether oxygens (including phenoxy) is 1. The lowest BCUT2D eigenvalue weighted by molar-refractivity contribution is -0.139. The molecule has 2 saturated heterocycles. The number of aliphatic carboxylic acids is 1. The van der Waals surface area contributed by atoms with Gasteiger partial charge in [0.15, 0.2) is 11.2 Å². The van der Waals surface area contributed by atoms with Gasteiger partial charge in [0.25, 0.3) is 11.8 Å². The number of benzene rings is 1. The molecule has 4 rings (SSSR count). The van der Waals surface area contributed by atoms with Crippen LogP contribution in [0.15, 0.2) is 30.5 Å². The summed E-state index contributed by atoms with van der Waals surface area (Å²) in [5.41, 5.74) is -5.32. The summed E-state index contributed by atoms with van der Waals surface area (Å²) in [6.07, 6.45) is -1.81. The number of hydrogen-bond donors (Lipinski definition) is 2. The number of carboxylic acids is 1. The number of piperidine rings is 1. The maximum absolute atomic E-state index is 14.9. The molecule has 2 aromatic rings. The third kappa shape index (κ3) is 6.86. The highest BCUT2D eigenvalue weighted by Gasteiger charge is 2.52. The van der Waals surface area contributed by atoms with Crippen LogP contribution in [-0.2, 0) is 21.7 Å². The Kier molecular flexibility index (Phi) is 9.37. The van der Waals surface area contributed by atoms with Crippen molar-refractivity contribution in [2.24, 2.45) is 5.92 Å². The number of likely N-dealkylation sites (tertiary alicyclic amines) is 1. The fourth-order valence-electron chi connectivity index (χ4n) is 5.60. The third-order valence-electron chi connectivity index (χ3n) is 7.93. The predicted octanol–water partition coefficient (Wildman–Crippen LogP) is 5.49. The fourth-order valence-corrected chi connectivity index (χ4v) is 6.26. The Morgan fingerprint density at radius 2 is 1.80 bits per heavy atom. The zero-order valence-corrected chi connectivity index (χ0v) is 25.1. The van der Waals surface area contributed by atoms with Crippen LogP contribution in [-0.4, -0.2) is 64.1 Å². The molecule has 0 saturated carbocycles. The number of carboxylic acid groups (broad SMARTS) is 1. The van der Waals surface area contributed by atoms with Crippen LogP contribution >= 0.6 is 12.6 Å². The minimum atomic E-state index is -4.91. The molecule has 238 valence electrons. The average Bonchev–Trinajstić information content (AvgIpc) is 3.11. The standard InChI is InChI=1S/C29H32F5N5O4S/c1-27(2)25(42)38(19-13-20(29(32,33)34)22(14-35)36-15-19)26(44)39(27)18-4-5-23(21(12-18)28(3,30)31)43-11-8-17-6-9-37(10-7-17)16-24(40)41/h4-5,12-13,15,17,26,44H,6-11,16H2,1-3H3,(H,40,41). The van der Waals surface area contributed by atoms with E-state index in [1.165, 1.54) is 43.0 Å². The Morgan fingerprint density at radius 3 is 2.36 bits per heavy atom. The van der Waals surface area contributed by atoms with Crippen LogP contribution in [0.25, 0.3) is 0 Å². The molecule has 3 heterocycles. The molecule has 15 heteroatoms. The maximum atomic E-state index is 14.9. The van der Waals surface area contributed by atoms with Gasteiger partial charge in [-0.2, -0.15) is 18.4 Å². The van der Waals surface area contributed by atoms with Crippen molar-refractivity contribution in [1.82, 2.24) is 9.88 Å². The molecule has 0 bridgehead atoms. The summed E-state index contributed by atoms with van der Waals surface area (Å²) >= 11 is 4.51. The topological polar surface area (TPSA) is 110 Å². The molecule has 0 aliphatic carbocycles. The quantitative estimate of drug-likeness (QED) is 0.273. The Labute approximate surface area is 256 Å². The molecule has 1 N–H and O–H groups in total. The van der Waals surface area contributed by atoms with Gasteiger partial charge in [-0.3, -0.25) is 19.4 Å². The van der Waals surface area contributed by atoms with Gasteiger partial charge in [0.2, 0.25) is 0 Å². The number of aromatic nitrogens is 1. The molecule has 2 fully saturated rings. The summed E-state index contributed by atoms with van der Waals surface area (Å²) in [5.74, 6) is -4.68. The average molecular weight is 642 g/mol. The van der Waals surface area contributed by atoms with Crippen molar-refractivity contribution in [2.75, 3.05) is 36.0 Å². The number of alkyl halides is 5. The van der Waals surface area contributed by atoms with Crippen molar-refractivity contribution < 1.29 is 41.4 Å². The molecule has 0 spiro atoms. The van der Waals surface area contributed by atoms with E-state index < -0.39 is 51.8 Å². The molecule has 0 radical (unpaired) electrons. The first kappa shape index (κ1) is 33.3. The van der Waals surface area contributed by atoms with E-state index in [4.69, 9.17) is 15.1 Å². The number of amides is 1. The number of anilines is 2. The highest BCUT2D eigenvalue weighted by molar-refractivity contribution is 7.81. The minimum absolute atomic E-state index is 0.0200. The Hall–Kier alpha value is -3.64. The summed E-state index contributed by atoms with van der Waals surface area (Å²) < 4.78 is 76.3. The second-order valence-corrected chi connectivity index (χ2v) is 11.9. The molecule has 44 heavy (non-hydrogen) atoms. The van der Waals surface area contributed by atoms with Gasteiger partial charge in [-0.1, -0.05) is 0 Å². The van der Waals surface area contributed by atoms with E-state index in [1.54, 1.807) is 0 Å². The smallest absolute Gasteiger partial charge is 0.419 e. The summed E-state index contributed by atoms with van der Waals surface area (Å²) in [5, 5.41) is 18.0. The number of rotatable bonds is 9. The lowest BCUT2D eigenvalue weighted by atomic mass is 9.94. The molecule has 2 aliphatic heterocycles. The van der Waals surface area contributed by atoms with Crippen molar-refractivity contribution in [3.8, 4) is 11.8 Å². The molecule has 1 aromatic heterocycles. The molecular formula is C29H32F5N5O4S. The van der Waals surface area contributed by atoms with Crippen LogP contribution in [0.3, 0.4) is 0 Å². The Balaban J connectivity index is 1.56. The van der Waals surface area contributed by atoms with Crippen LogP contribution in [0, 0.1) is 17.2 Å². The van der Waals surface area contributed by atoms with Crippen LogP contribution in [0.5, 0.6) is 5.75 Å². The van der Waals surface area contributed by atoms with Crippen molar-refractivity contribution >= 4 is 35.9 Å². The largest absolute Gasteiger partial charge is 0.493 e. The van der Waals surface area contributed by atoms with Gasteiger partial charge in [-0.25, -0.2) is 13.8 Å². The van der Waals surface area contributed by atoms with Crippen molar-refractivity contribution in [2.45, 2.75) is 63.2 Å². The number of halogens is 5. The summed E-state index contributed by atoms with van der Waals surface area (Å²) in [6, 6.07) is 6.06. The zero-order chi connectivity index (χ0) is 32.6. The van der Waals surface area contributed by atoms with Crippen LogP contribution in [0.4, 0.5) is 33.3 Å². The predicted molar refractivity (Wildman–Crippen MR) is 154 cm³/mol. The number of hydrogen-bond acceptors (Lipinski definition) is 8. The Bertz CT molecular complexity index is 1450. The highest BCUT2D eigenvalue weighted by atomic mass is 32.1. The van der Waals surface area contributed by atoms with E-state index in [0.29, 0.717) is 32.5 Å². The molecule has 2 aliphatic rings. The van der Waals surface area contributed by atoms with Gasteiger partial charge in [-0.15, -0.1) is 12.6 Å². The SMILES string of the molecule is CC(F)(F)c1cc(N2C(S)N(c3cnc(C#N)c(C(F)(F)F)c3)C(=O)C2(C)C)ccc1OCCC1CCN(CC(=O)O)CC1. The van der Waals surface area contributed by atoms with Gasteiger partial charge in [0.05, 0.1) is 36.2 Å². The third-order valence-corrected chi connectivity index (χ3v) is 8.39. The monoisotopic (exact) mass is 641 g/mol. The minimum Gasteiger partial charge on any atom is -0.493 e. The van der Waals surface area contributed by atoms with Crippen molar-refractivity contribution in [3.63, 3.8) is 0 Å². The van der Waals surface area contributed by atoms with E-state index in [-0.39, 0.29) is 36.2 Å². The fraction of sp³-hybridized carbons (Fsp3) is 0.517. The van der Waals surface area contributed by atoms with Gasteiger partial charge < -0.3 is 14.7 Å². The highest BCUT2D eigenvalue weighted by Crippen LogP contribution is 2.44. The molecular weight excluding hydrogens is 609 g/mol. The first-order chi connectivity index (χ1) is 20.4. The molecule has 1 aromatic carbocycles. The van der Waals surface area contributed by atoms with E-state index in [9.17, 15) is 31.5 Å². The number of carbonyl (C=O) groups excluding carboxylic acids is 1. The zero-order valence-electron chi connectivity index (χ0n) is 24.2. The normalized spacial score (nSPS) is 19.7. The number of carbonyl (C=O) groups is 2. The lowest BCUT2D eigenvalue weighted by Crippen LogP contribution is -2.45. The number of thiol groups is 1. The van der Waals surface area contributed by atoms with Crippen LogP contribution in [0.2, 0.25) is 0 Å². The molecule has 1 unspecified atom stereocenters. The van der Waals surface area contributed by atoms with Gasteiger partial charge in [-0.05, 0) is 76.4 Å².